The highest BCUT2D eigenvalue weighted by molar-refractivity contribution is 7.82. The Morgan fingerprint density at radius 3 is 2.58 bits per heavy atom. The van der Waals surface area contributed by atoms with Gasteiger partial charge >= 0.3 is 0 Å². The molecule has 0 aliphatic carbocycles. The monoisotopic (exact) mass is 278 g/mol. The van der Waals surface area contributed by atoms with Crippen LogP contribution in [0.4, 0.5) is 0 Å². The van der Waals surface area contributed by atoms with Crippen molar-refractivity contribution in [2.24, 2.45) is 0 Å². The van der Waals surface area contributed by atoms with E-state index in [1.54, 1.807) is 0 Å². The van der Waals surface area contributed by atoms with Crippen molar-refractivity contribution in [3.63, 3.8) is 0 Å². The van der Waals surface area contributed by atoms with Crippen LogP contribution in [0.1, 0.15) is 18.5 Å². The van der Waals surface area contributed by atoms with E-state index in [4.69, 9.17) is 17.0 Å². The predicted octanol–water partition coefficient (Wildman–Crippen LogP) is 1.52. The lowest BCUT2D eigenvalue weighted by Gasteiger charge is -2.29. The first-order chi connectivity index (χ1) is 9.18. The zero-order valence-corrected chi connectivity index (χ0v) is 11.8. The molecule has 19 heavy (non-hydrogen) atoms. The van der Waals surface area contributed by atoms with Gasteiger partial charge in [0.2, 0.25) is 0 Å². The van der Waals surface area contributed by atoms with Gasteiger partial charge in [-0.3, -0.25) is 4.79 Å². The van der Waals surface area contributed by atoms with Crippen molar-refractivity contribution in [3.05, 3.63) is 35.9 Å². The van der Waals surface area contributed by atoms with Crippen LogP contribution in [0.25, 0.3) is 0 Å². The van der Waals surface area contributed by atoms with Crippen LogP contribution in [0.5, 0.6) is 0 Å². The fraction of sp³-hybridized carbons (Fsp3) is 0.429. The number of nitrogens with one attached hydrogen (secondary N) is 1. The zero-order valence-electron chi connectivity index (χ0n) is 11.0. The van der Waals surface area contributed by atoms with E-state index in [0.717, 1.165) is 5.56 Å². The summed E-state index contributed by atoms with van der Waals surface area (Å²) in [4.78, 5) is 14.3. The van der Waals surface area contributed by atoms with Crippen molar-refractivity contribution in [3.8, 4) is 0 Å². The van der Waals surface area contributed by atoms with Crippen LogP contribution in [-0.4, -0.2) is 42.1 Å². The first-order valence-electron chi connectivity index (χ1n) is 6.41. The normalized spacial score (nSPS) is 16.8. The van der Waals surface area contributed by atoms with E-state index in [0.29, 0.717) is 31.3 Å². The van der Waals surface area contributed by atoms with E-state index in [9.17, 15) is 4.79 Å². The molecule has 0 unspecified atom stereocenters. The first kappa shape index (κ1) is 14.0. The molecule has 1 atom stereocenters. The van der Waals surface area contributed by atoms with Gasteiger partial charge in [0.05, 0.1) is 19.3 Å². The van der Waals surface area contributed by atoms with Crippen LogP contribution in [0, 0.1) is 0 Å². The SMILES string of the molecule is C[C@H](NC(=O)C(=S)N1CCOCC1)c1ccccc1. The fourth-order valence-electron chi connectivity index (χ4n) is 1.99. The lowest BCUT2D eigenvalue weighted by molar-refractivity contribution is -0.116. The van der Waals surface area contributed by atoms with E-state index >= 15 is 0 Å². The number of nitrogens with zero attached hydrogens (tertiary/aromatic N) is 1. The number of ether oxygens (including phenoxy) is 1. The van der Waals surface area contributed by atoms with Gasteiger partial charge in [-0.05, 0) is 12.5 Å². The number of morpholine rings is 1. The molecule has 1 N–H and O–H groups in total. The molecular formula is C14H18N2O2S. The lowest BCUT2D eigenvalue weighted by Crippen LogP contribution is -2.47. The number of amides is 1. The molecule has 0 spiro atoms. The highest BCUT2D eigenvalue weighted by Crippen LogP contribution is 2.11. The molecule has 0 saturated carbocycles. The summed E-state index contributed by atoms with van der Waals surface area (Å²) in [5.74, 6) is -0.187. The van der Waals surface area contributed by atoms with Gasteiger partial charge in [0.1, 0.15) is 0 Å². The molecule has 2 rings (SSSR count). The average molecular weight is 278 g/mol. The number of thiocarbonyl (C=S) groups is 1. The van der Waals surface area contributed by atoms with Crippen LogP contribution < -0.4 is 5.32 Å². The molecule has 1 heterocycles. The molecule has 4 nitrogen and oxygen atoms in total. The van der Waals surface area contributed by atoms with E-state index in [1.807, 2.05) is 42.2 Å². The van der Waals surface area contributed by atoms with Crippen LogP contribution >= 0.6 is 12.2 Å². The first-order valence-corrected chi connectivity index (χ1v) is 6.82. The Hall–Kier alpha value is -1.46. The minimum absolute atomic E-state index is 0.0484. The number of rotatable bonds is 2. The number of benzene rings is 1. The Kier molecular flexibility index (Phi) is 4.87. The quantitative estimate of drug-likeness (QED) is 0.833. The minimum atomic E-state index is -0.187. The summed E-state index contributed by atoms with van der Waals surface area (Å²) >= 11 is 5.22. The second-order valence-electron chi connectivity index (χ2n) is 4.51. The maximum Gasteiger partial charge on any atom is 0.279 e. The summed E-state index contributed by atoms with van der Waals surface area (Å²) in [5, 5.41) is 2.93. The van der Waals surface area contributed by atoms with Gasteiger partial charge < -0.3 is 15.0 Å². The van der Waals surface area contributed by atoms with E-state index in [1.165, 1.54) is 0 Å². The van der Waals surface area contributed by atoms with Crippen LogP contribution in [-0.2, 0) is 9.53 Å². The average Bonchev–Trinajstić information content (AvgIpc) is 2.48. The van der Waals surface area contributed by atoms with Gasteiger partial charge in [-0.25, -0.2) is 0 Å². The molecule has 5 heteroatoms. The standard InChI is InChI=1S/C14H18N2O2S/c1-11(12-5-3-2-4-6-12)15-13(17)14(19)16-7-9-18-10-8-16/h2-6,11H,7-10H2,1H3,(H,15,17)/t11-/m0/s1. The maximum atomic E-state index is 12.1. The molecule has 1 amide bonds. The van der Waals surface area contributed by atoms with E-state index < -0.39 is 0 Å². The summed E-state index contributed by atoms with van der Waals surface area (Å²) in [6.07, 6.45) is 0. The topological polar surface area (TPSA) is 41.6 Å². The minimum Gasteiger partial charge on any atom is -0.378 e. The van der Waals surface area contributed by atoms with Crippen molar-refractivity contribution in [1.82, 2.24) is 10.2 Å². The third-order valence-corrected chi connectivity index (χ3v) is 3.58. The molecular weight excluding hydrogens is 260 g/mol. The highest BCUT2D eigenvalue weighted by atomic mass is 32.1. The summed E-state index contributed by atoms with van der Waals surface area (Å²) in [6.45, 7) is 4.58. The van der Waals surface area contributed by atoms with Crippen molar-refractivity contribution in [2.45, 2.75) is 13.0 Å². The second kappa shape index (κ2) is 6.63. The van der Waals surface area contributed by atoms with Crippen LogP contribution in [0.2, 0.25) is 0 Å². The van der Waals surface area contributed by atoms with E-state index in [-0.39, 0.29) is 11.9 Å². The Balaban J connectivity index is 1.91. The van der Waals surface area contributed by atoms with Crippen LogP contribution in [0.3, 0.4) is 0 Å². The molecule has 0 radical (unpaired) electrons. The smallest absolute Gasteiger partial charge is 0.279 e. The van der Waals surface area contributed by atoms with Gasteiger partial charge in [-0.1, -0.05) is 42.5 Å². The summed E-state index contributed by atoms with van der Waals surface area (Å²) in [5.41, 5.74) is 1.07. The van der Waals surface area contributed by atoms with Gasteiger partial charge in [0.25, 0.3) is 5.91 Å². The van der Waals surface area contributed by atoms with Crippen LogP contribution in [0.15, 0.2) is 30.3 Å². The van der Waals surface area contributed by atoms with Gasteiger partial charge in [-0.2, -0.15) is 0 Å². The van der Waals surface area contributed by atoms with Crippen molar-refractivity contribution < 1.29 is 9.53 Å². The molecule has 1 fully saturated rings. The number of carbonyl (C=O) groups is 1. The third-order valence-electron chi connectivity index (χ3n) is 3.14. The summed E-state index contributed by atoms with van der Waals surface area (Å²) < 4.78 is 5.25. The molecule has 1 aliphatic rings. The lowest BCUT2D eigenvalue weighted by atomic mass is 10.1. The summed E-state index contributed by atoms with van der Waals surface area (Å²) in [7, 11) is 0. The molecule has 0 bridgehead atoms. The van der Waals surface area contributed by atoms with Crippen molar-refractivity contribution in [2.75, 3.05) is 26.3 Å². The van der Waals surface area contributed by atoms with Crippen molar-refractivity contribution >= 4 is 23.1 Å². The molecule has 1 aromatic rings. The second-order valence-corrected chi connectivity index (χ2v) is 4.90. The van der Waals surface area contributed by atoms with Crippen molar-refractivity contribution in [1.29, 1.82) is 0 Å². The van der Waals surface area contributed by atoms with Gasteiger partial charge in [0.15, 0.2) is 4.99 Å². The zero-order chi connectivity index (χ0) is 13.7. The Morgan fingerprint density at radius 1 is 1.32 bits per heavy atom. The molecule has 1 saturated heterocycles. The Bertz CT molecular complexity index is 444. The Morgan fingerprint density at radius 2 is 1.95 bits per heavy atom. The summed E-state index contributed by atoms with van der Waals surface area (Å²) in [6, 6.07) is 9.80. The van der Waals surface area contributed by atoms with Gasteiger partial charge in [0, 0.05) is 13.1 Å². The molecule has 1 aliphatic heterocycles. The maximum absolute atomic E-state index is 12.1. The highest BCUT2D eigenvalue weighted by Gasteiger charge is 2.21. The molecule has 1 aromatic carbocycles. The van der Waals surface area contributed by atoms with E-state index in [2.05, 4.69) is 5.32 Å². The molecule has 0 aromatic heterocycles. The number of carbonyl (C=O) groups excluding carboxylic acids is 1. The number of hydrogen-bond acceptors (Lipinski definition) is 3. The number of hydrogen-bond donors (Lipinski definition) is 1. The predicted molar refractivity (Wildman–Crippen MR) is 78.0 cm³/mol. The fourth-order valence-corrected chi connectivity index (χ4v) is 2.23. The van der Waals surface area contributed by atoms with Gasteiger partial charge in [-0.15, -0.1) is 0 Å². The largest absolute Gasteiger partial charge is 0.378 e. The third kappa shape index (κ3) is 3.75. The molecule has 102 valence electrons. The Labute approximate surface area is 118 Å².